The lowest BCUT2D eigenvalue weighted by molar-refractivity contribution is 0.590. The molecule has 0 spiro atoms. The predicted octanol–water partition coefficient (Wildman–Crippen LogP) is 13.2. The summed E-state index contributed by atoms with van der Waals surface area (Å²) >= 11 is 0. The van der Waals surface area contributed by atoms with Crippen molar-refractivity contribution in [1.29, 1.82) is 5.26 Å². The highest BCUT2D eigenvalue weighted by molar-refractivity contribution is 6.18. The summed E-state index contributed by atoms with van der Waals surface area (Å²) in [5, 5.41) is 14.8. The molecule has 0 fully saturated rings. The van der Waals surface area contributed by atoms with E-state index in [1.807, 2.05) is 6.07 Å². The second-order valence-electron chi connectivity index (χ2n) is 16.2. The molecule has 2 heterocycles. The van der Waals surface area contributed by atoms with Gasteiger partial charge in [0.15, 0.2) is 5.69 Å². The Hall–Kier alpha value is -6.10. The lowest BCUT2D eigenvalue weighted by Gasteiger charge is -2.21. The van der Waals surface area contributed by atoms with E-state index in [9.17, 15) is 5.26 Å². The number of hydrogen-bond donors (Lipinski definition) is 0. The predicted molar refractivity (Wildman–Crippen MR) is 218 cm³/mol. The van der Waals surface area contributed by atoms with Gasteiger partial charge < -0.3 is 9.13 Å². The van der Waals surface area contributed by atoms with Gasteiger partial charge in [0.1, 0.15) is 0 Å². The van der Waals surface area contributed by atoms with E-state index >= 15 is 0 Å². The smallest absolute Gasteiger partial charge is 0.195 e. The van der Waals surface area contributed by atoms with Gasteiger partial charge in [-0.25, -0.2) is 4.85 Å². The minimum absolute atomic E-state index is 0.0249. The lowest BCUT2D eigenvalue weighted by Crippen LogP contribution is -2.10. The van der Waals surface area contributed by atoms with Crippen LogP contribution in [0.25, 0.3) is 71.0 Å². The molecule has 0 radical (unpaired) electrons. The third kappa shape index (κ3) is 5.02. The number of fused-ring (bicyclic) bond motifs is 6. The molecule has 4 nitrogen and oxygen atoms in total. The zero-order valence-electron chi connectivity index (χ0n) is 31.2. The summed E-state index contributed by atoms with van der Waals surface area (Å²) < 4.78 is 4.78. The molecular weight excluding hydrogens is 633 g/mol. The summed E-state index contributed by atoms with van der Waals surface area (Å²) in [6, 6.07) is 41.1. The second kappa shape index (κ2) is 11.7. The van der Waals surface area contributed by atoms with Crippen LogP contribution < -0.4 is 0 Å². The van der Waals surface area contributed by atoms with Crippen molar-refractivity contribution in [2.45, 2.75) is 66.2 Å². The van der Waals surface area contributed by atoms with Gasteiger partial charge in [0.05, 0.1) is 51.6 Å². The molecule has 6 aromatic carbocycles. The Kier molecular flexibility index (Phi) is 7.46. The van der Waals surface area contributed by atoms with Crippen LogP contribution in [0.5, 0.6) is 0 Å². The van der Waals surface area contributed by atoms with E-state index in [1.165, 1.54) is 21.9 Å². The van der Waals surface area contributed by atoms with Crippen LogP contribution in [0.4, 0.5) is 5.69 Å². The second-order valence-corrected chi connectivity index (χ2v) is 16.2. The molecule has 52 heavy (non-hydrogen) atoms. The van der Waals surface area contributed by atoms with Gasteiger partial charge >= 0.3 is 0 Å². The Labute approximate surface area is 306 Å². The number of rotatable bonds is 3. The third-order valence-electron chi connectivity index (χ3n) is 10.7. The normalized spacial score (nSPS) is 12.2. The zero-order valence-corrected chi connectivity index (χ0v) is 31.2. The molecular formula is C48H42N4. The summed E-state index contributed by atoms with van der Waals surface area (Å²) in [5.41, 5.74) is 14.0. The minimum atomic E-state index is -0.0249. The van der Waals surface area contributed by atoms with Gasteiger partial charge in [0, 0.05) is 27.1 Å². The quantitative estimate of drug-likeness (QED) is 0.172. The summed E-state index contributed by atoms with van der Waals surface area (Å²) in [6.45, 7) is 26.3. The van der Waals surface area contributed by atoms with Crippen LogP contribution >= 0.6 is 0 Å². The average molecular weight is 675 g/mol. The summed E-state index contributed by atoms with van der Waals surface area (Å²) in [6.07, 6.45) is 0. The molecule has 0 atom stereocenters. The molecule has 0 saturated heterocycles. The van der Waals surface area contributed by atoms with Crippen molar-refractivity contribution >= 4 is 49.3 Å². The molecule has 0 saturated carbocycles. The average Bonchev–Trinajstić information content (AvgIpc) is 3.62. The number of aromatic nitrogens is 2. The number of hydrogen-bond acceptors (Lipinski definition) is 1. The molecule has 0 amide bonds. The van der Waals surface area contributed by atoms with E-state index in [1.54, 1.807) is 12.1 Å². The van der Waals surface area contributed by atoms with Crippen molar-refractivity contribution in [3.63, 3.8) is 0 Å². The van der Waals surface area contributed by atoms with E-state index in [0.29, 0.717) is 11.3 Å². The van der Waals surface area contributed by atoms with E-state index < -0.39 is 0 Å². The van der Waals surface area contributed by atoms with Crippen molar-refractivity contribution in [2.75, 3.05) is 0 Å². The number of aryl methyl sites for hydroxylation is 2. The van der Waals surface area contributed by atoms with Crippen molar-refractivity contribution in [2.24, 2.45) is 0 Å². The largest absolute Gasteiger partial charge is 0.309 e. The van der Waals surface area contributed by atoms with Gasteiger partial charge in [0.25, 0.3) is 0 Å². The molecule has 8 rings (SSSR count). The molecule has 0 aliphatic carbocycles. The molecule has 0 N–H and O–H groups in total. The molecule has 4 heteroatoms. The number of nitriles is 1. The molecule has 0 unspecified atom stereocenters. The van der Waals surface area contributed by atoms with Gasteiger partial charge in [-0.05, 0) is 95.0 Å². The maximum Gasteiger partial charge on any atom is 0.195 e. The topological polar surface area (TPSA) is 38.0 Å². The monoisotopic (exact) mass is 674 g/mol. The lowest BCUT2D eigenvalue weighted by atomic mass is 9.85. The Morgan fingerprint density at radius 3 is 1.77 bits per heavy atom. The molecule has 0 aliphatic heterocycles. The van der Waals surface area contributed by atoms with Crippen LogP contribution in [0.3, 0.4) is 0 Å². The fraction of sp³-hybridized carbons (Fsp3) is 0.208. The van der Waals surface area contributed by atoms with Crippen molar-refractivity contribution < 1.29 is 0 Å². The Morgan fingerprint density at radius 2 is 1.19 bits per heavy atom. The number of benzene rings is 6. The highest BCUT2D eigenvalue weighted by atomic mass is 15.0. The van der Waals surface area contributed by atoms with Crippen LogP contribution in [-0.4, -0.2) is 9.13 Å². The molecule has 254 valence electrons. The Morgan fingerprint density at radius 1 is 0.596 bits per heavy atom. The highest BCUT2D eigenvalue weighted by Crippen LogP contribution is 2.47. The highest BCUT2D eigenvalue weighted by Gasteiger charge is 2.27. The van der Waals surface area contributed by atoms with Crippen molar-refractivity contribution in [3.8, 4) is 28.6 Å². The first kappa shape index (κ1) is 33.1. The standard InChI is InChI=1S/C48H42N4/c1-29-13-12-14-30(2)45(29)52-40-16-11-10-15-34(40)35-20-24-43(44(46(35)52)38-25-31(28-49)17-21-39(38)50-9)51-41-22-18-32(47(3,4)5)26-36(41)37-27-33(48(6,7)8)19-23-42(37)51/h10-27H,1-8H3. The van der Waals surface area contributed by atoms with E-state index in [-0.39, 0.29) is 10.8 Å². The van der Waals surface area contributed by atoms with E-state index in [2.05, 4.69) is 166 Å². The molecule has 8 aromatic rings. The summed E-state index contributed by atoms with van der Waals surface area (Å²) in [7, 11) is 0. The minimum Gasteiger partial charge on any atom is -0.309 e. The van der Waals surface area contributed by atoms with Crippen LogP contribution in [0.2, 0.25) is 0 Å². The van der Waals surface area contributed by atoms with E-state index in [0.717, 1.165) is 66.5 Å². The zero-order chi connectivity index (χ0) is 36.7. The van der Waals surface area contributed by atoms with Gasteiger partial charge in [-0.15, -0.1) is 0 Å². The van der Waals surface area contributed by atoms with Crippen molar-refractivity contribution in [1.82, 2.24) is 9.13 Å². The van der Waals surface area contributed by atoms with E-state index in [4.69, 9.17) is 6.57 Å². The summed E-state index contributed by atoms with van der Waals surface area (Å²) in [4.78, 5) is 4.07. The first-order valence-electron chi connectivity index (χ1n) is 18.0. The number of nitrogens with zero attached hydrogens (tertiary/aromatic N) is 4. The van der Waals surface area contributed by atoms with Crippen LogP contribution in [0, 0.1) is 31.8 Å². The van der Waals surface area contributed by atoms with Gasteiger partial charge in [-0.1, -0.05) is 108 Å². The third-order valence-corrected chi connectivity index (χ3v) is 10.7. The maximum absolute atomic E-state index is 10.2. The SMILES string of the molecule is [C-]#[N+]c1ccc(C#N)cc1-c1c(-n2c3ccc(C(C)(C)C)cc3c3cc(C(C)(C)C)ccc32)ccc2c3ccccc3n(-c3c(C)cccc3C)c12. The maximum atomic E-state index is 10.2. The molecule has 0 aliphatic rings. The fourth-order valence-corrected chi connectivity index (χ4v) is 8.01. The van der Waals surface area contributed by atoms with Crippen molar-refractivity contribution in [3.05, 3.63) is 148 Å². The molecule has 0 bridgehead atoms. The van der Waals surface area contributed by atoms with Crippen LogP contribution in [0.15, 0.2) is 109 Å². The first-order valence-corrected chi connectivity index (χ1v) is 18.0. The summed E-state index contributed by atoms with van der Waals surface area (Å²) in [5.74, 6) is 0. The first-order chi connectivity index (χ1) is 24.8. The Bertz CT molecular complexity index is 2760. The van der Waals surface area contributed by atoms with Crippen LogP contribution in [-0.2, 0) is 10.8 Å². The van der Waals surface area contributed by atoms with Crippen LogP contribution in [0.1, 0.15) is 69.4 Å². The van der Waals surface area contributed by atoms with Gasteiger partial charge in [-0.3, -0.25) is 0 Å². The Balaban J connectivity index is 1.64. The fourth-order valence-electron chi connectivity index (χ4n) is 8.01. The van der Waals surface area contributed by atoms with Gasteiger partial charge in [0.2, 0.25) is 0 Å². The molecule has 2 aromatic heterocycles. The van der Waals surface area contributed by atoms with Gasteiger partial charge in [-0.2, -0.15) is 5.26 Å². The number of para-hydroxylation sites is 2.